The van der Waals surface area contributed by atoms with E-state index in [9.17, 15) is 4.89 Å². The molecule has 0 fully saturated rings. The quantitative estimate of drug-likeness (QED) is 0.704. The standard InChI is InChI=1S/C19H31O3P/c1-9-17-13-11-14(18(3,4)5)15(19(6,7)8)12-16(13)22-23(17,20)21-10-2/h11-12,17H,9-10H2,1-8H3/t17-,23?/m1/s1. The average Bonchev–Trinajstić information content (AvgIpc) is 2.65. The van der Waals surface area contributed by atoms with Crippen molar-refractivity contribution in [2.45, 2.75) is 78.3 Å². The molecule has 0 aromatic heterocycles. The fourth-order valence-corrected chi connectivity index (χ4v) is 5.43. The molecule has 0 radical (unpaired) electrons. The summed E-state index contributed by atoms with van der Waals surface area (Å²) in [6, 6.07) is 4.31. The summed E-state index contributed by atoms with van der Waals surface area (Å²) in [5.41, 5.74) is 3.46. The van der Waals surface area contributed by atoms with Crippen LogP contribution in [0.2, 0.25) is 0 Å². The van der Waals surface area contributed by atoms with Crippen LogP contribution in [-0.4, -0.2) is 6.61 Å². The van der Waals surface area contributed by atoms with Gasteiger partial charge < -0.3 is 9.42 Å². The van der Waals surface area contributed by atoms with Gasteiger partial charge in [0.25, 0.3) is 7.94 Å². The van der Waals surface area contributed by atoms with Crippen LogP contribution < -0.4 is 9.42 Å². The number of rotatable bonds is 3. The lowest BCUT2D eigenvalue weighted by molar-refractivity contribution is -0.211. The minimum Gasteiger partial charge on any atom is -0.624 e. The van der Waals surface area contributed by atoms with Crippen molar-refractivity contribution < 1.29 is 13.9 Å². The minimum absolute atomic E-state index is 0.000900. The van der Waals surface area contributed by atoms with Gasteiger partial charge in [-0.2, -0.15) is 0 Å². The molecule has 0 saturated carbocycles. The molecule has 0 N–H and O–H groups in total. The van der Waals surface area contributed by atoms with Crippen molar-refractivity contribution in [1.82, 2.24) is 0 Å². The van der Waals surface area contributed by atoms with Crippen LogP contribution in [0.25, 0.3) is 0 Å². The van der Waals surface area contributed by atoms with E-state index in [1.807, 2.05) is 13.8 Å². The molecule has 1 aromatic carbocycles. The zero-order valence-electron chi connectivity index (χ0n) is 15.8. The second kappa shape index (κ2) is 6.02. The zero-order chi connectivity index (χ0) is 17.6. The molecule has 1 aliphatic rings. The highest BCUT2D eigenvalue weighted by Crippen LogP contribution is 2.72. The Balaban J connectivity index is 2.65. The Morgan fingerprint density at radius 3 is 2.00 bits per heavy atom. The first kappa shape index (κ1) is 18.7. The van der Waals surface area contributed by atoms with Crippen molar-refractivity contribution >= 4 is 7.94 Å². The van der Waals surface area contributed by atoms with E-state index in [1.54, 1.807) is 0 Å². The molecule has 0 bridgehead atoms. The van der Waals surface area contributed by atoms with Gasteiger partial charge >= 0.3 is 0 Å². The summed E-state index contributed by atoms with van der Waals surface area (Å²) in [5, 5.41) is 0. The zero-order valence-corrected chi connectivity index (χ0v) is 16.7. The monoisotopic (exact) mass is 338 g/mol. The Bertz CT molecular complexity index is 584. The second-order valence-corrected chi connectivity index (χ2v) is 10.6. The number of fused-ring (bicyclic) bond motifs is 1. The summed E-state index contributed by atoms with van der Waals surface area (Å²) < 4.78 is 11.4. The molecule has 2 rings (SSSR count). The summed E-state index contributed by atoms with van der Waals surface area (Å²) >= 11 is 0. The van der Waals surface area contributed by atoms with E-state index < -0.39 is 7.94 Å². The molecule has 4 heteroatoms. The number of benzene rings is 1. The van der Waals surface area contributed by atoms with E-state index >= 15 is 0 Å². The third kappa shape index (κ3) is 3.43. The maximum atomic E-state index is 13.1. The third-order valence-electron chi connectivity index (χ3n) is 4.43. The van der Waals surface area contributed by atoms with E-state index in [0.717, 1.165) is 17.7 Å². The molecule has 3 nitrogen and oxygen atoms in total. The molecule has 0 amide bonds. The van der Waals surface area contributed by atoms with E-state index in [0.29, 0.717) is 6.61 Å². The second-order valence-electron chi connectivity index (χ2n) is 8.41. The van der Waals surface area contributed by atoms with Crippen molar-refractivity contribution in [2.75, 3.05) is 6.61 Å². The van der Waals surface area contributed by atoms with Gasteiger partial charge in [-0.1, -0.05) is 48.5 Å². The summed E-state index contributed by atoms with van der Waals surface area (Å²) in [5.74, 6) is 0.742. The molecule has 130 valence electrons. The van der Waals surface area contributed by atoms with Crippen LogP contribution in [-0.2, 0) is 15.4 Å². The van der Waals surface area contributed by atoms with Gasteiger partial charge in [0.05, 0.1) is 6.61 Å². The van der Waals surface area contributed by atoms with Crippen molar-refractivity contribution in [3.05, 3.63) is 28.8 Å². The first-order valence-corrected chi connectivity index (χ1v) is 10.2. The van der Waals surface area contributed by atoms with Crippen molar-refractivity contribution in [3.8, 4) is 5.75 Å². The van der Waals surface area contributed by atoms with Crippen LogP contribution in [0.3, 0.4) is 0 Å². The average molecular weight is 338 g/mol. The summed E-state index contributed by atoms with van der Waals surface area (Å²) in [6.45, 7) is 17.6. The Labute approximate surface area is 142 Å². The van der Waals surface area contributed by atoms with Crippen molar-refractivity contribution in [1.29, 1.82) is 0 Å². The molecule has 2 atom stereocenters. The fraction of sp³-hybridized carbons (Fsp3) is 0.684. The summed E-state index contributed by atoms with van der Waals surface area (Å²) in [4.78, 5) is 13.1. The van der Waals surface area contributed by atoms with E-state index in [4.69, 9.17) is 9.05 Å². The Morgan fingerprint density at radius 2 is 1.57 bits per heavy atom. The van der Waals surface area contributed by atoms with Gasteiger partial charge in [0.2, 0.25) is 0 Å². The Kier molecular flexibility index (Phi) is 4.90. The smallest absolute Gasteiger partial charge is 0.292 e. The lowest BCUT2D eigenvalue weighted by Crippen LogP contribution is -2.22. The molecule has 23 heavy (non-hydrogen) atoms. The highest BCUT2D eigenvalue weighted by Gasteiger charge is 2.50. The van der Waals surface area contributed by atoms with Gasteiger partial charge in [0.15, 0.2) is 11.4 Å². The first-order valence-electron chi connectivity index (χ1n) is 8.56. The molecule has 0 saturated heterocycles. The topological polar surface area (TPSA) is 41.5 Å². The van der Waals surface area contributed by atoms with Crippen LogP contribution in [0.15, 0.2) is 12.1 Å². The molecule has 1 aromatic rings. The van der Waals surface area contributed by atoms with Gasteiger partial charge in [-0.05, 0) is 47.4 Å². The van der Waals surface area contributed by atoms with Gasteiger partial charge in [-0.15, -0.1) is 0 Å². The molecule has 1 aliphatic heterocycles. The molecular weight excluding hydrogens is 307 g/mol. The SMILES string of the molecule is CCO[P+]1([O-])Oc2cc(C(C)(C)C)c(C(C)(C)C)cc2[C@H]1CC. The van der Waals surface area contributed by atoms with Crippen LogP contribution in [0.1, 0.15) is 84.2 Å². The lowest BCUT2D eigenvalue weighted by Gasteiger charge is -2.30. The molecule has 0 spiro atoms. The third-order valence-corrected chi connectivity index (χ3v) is 6.90. The summed E-state index contributed by atoms with van der Waals surface area (Å²) in [7, 11) is -3.11. The van der Waals surface area contributed by atoms with Crippen LogP contribution in [0.4, 0.5) is 0 Å². The van der Waals surface area contributed by atoms with E-state index in [1.165, 1.54) is 11.1 Å². The molecule has 1 unspecified atom stereocenters. The predicted octanol–water partition coefficient (Wildman–Crippen LogP) is 5.28. The van der Waals surface area contributed by atoms with Crippen molar-refractivity contribution in [2.24, 2.45) is 0 Å². The molecule has 0 aliphatic carbocycles. The highest BCUT2D eigenvalue weighted by atomic mass is 31.2. The van der Waals surface area contributed by atoms with Crippen LogP contribution in [0, 0.1) is 0 Å². The molecular formula is C19H31O3P. The minimum atomic E-state index is -3.11. The Morgan fingerprint density at radius 1 is 1.04 bits per heavy atom. The summed E-state index contributed by atoms with van der Waals surface area (Å²) in [6.07, 6.45) is 0.753. The van der Waals surface area contributed by atoms with Gasteiger partial charge in [-0.25, -0.2) is 4.52 Å². The Hall–Kier alpha value is -0.630. The largest absolute Gasteiger partial charge is 0.624 e. The van der Waals surface area contributed by atoms with Gasteiger partial charge in [-0.3, -0.25) is 0 Å². The lowest BCUT2D eigenvalue weighted by atomic mass is 9.74. The van der Waals surface area contributed by atoms with Gasteiger partial charge in [0.1, 0.15) is 0 Å². The first-order chi connectivity index (χ1) is 10.4. The van der Waals surface area contributed by atoms with E-state index in [-0.39, 0.29) is 16.5 Å². The maximum Gasteiger partial charge on any atom is 0.292 e. The normalized spacial score (nSPS) is 24.5. The van der Waals surface area contributed by atoms with E-state index in [2.05, 4.69) is 53.7 Å². The number of hydrogen-bond acceptors (Lipinski definition) is 3. The highest BCUT2D eigenvalue weighted by molar-refractivity contribution is 7.60. The maximum absolute atomic E-state index is 13.1. The molecule has 1 heterocycles. The van der Waals surface area contributed by atoms with Gasteiger partial charge in [0, 0.05) is 5.56 Å². The fourth-order valence-electron chi connectivity index (χ4n) is 3.29. The van der Waals surface area contributed by atoms with Crippen molar-refractivity contribution in [3.63, 3.8) is 0 Å². The van der Waals surface area contributed by atoms with Crippen LogP contribution in [0.5, 0.6) is 5.75 Å². The predicted molar refractivity (Wildman–Crippen MR) is 96.0 cm³/mol. The number of hydrogen-bond donors (Lipinski definition) is 0. The van der Waals surface area contributed by atoms with Crippen LogP contribution >= 0.6 is 7.94 Å².